The number of nitrogens with zero attached hydrogens (tertiary/aromatic N) is 2. The fraction of sp³-hybridized carbons (Fsp3) is 0.478. The molecule has 2 aromatic rings. The molecule has 1 aromatic carbocycles. The molecule has 1 aliphatic rings. The first-order valence-corrected chi connectivity index (χ1v) is 11.6. The van der Waals surface area contributed by atoms with Crippen LogP contribution in [-0.2, 0) is 16.0 Å². The smallest absolute Gasteiger partial charge is 0.317 e. The van der Waals surface area contributed by atoms with E-state index in [1.165, 1.54) is 9.78 Å². The fourth-order valence-electron chi connectivity index (χ4n) is 3.75. The van der Waals surface area contributed by atoms with Gasteiger partial charge in [-0.1, -0.05) is 12.1 Å². The van der Waals surface area contributed by atoms with Gasteiger partial charge in [0.05, 0.1) is 19.8 Å². The van der Waals surface area contributed by atoms with Crippen molar-refractivity contribution in [2.24, 2.45) is 0 Å². The Bertz CT molecular complexity index is 903. The van der Waals surface area contributed by atoms with Crippen molar-refractivity contribution < 1.29 is 23.8 Å². The molecule has 2 heterocycles. The molecule has 1 atom stereocenters. The molecule has 1 aliphatic heterocycles. The van der Waals surface area contributed by atoms with E-state index in [9.17, 15) is 9.59 Å². The minimum atomic E-state index is -0.270. The number of methoxy groups -OCH3 is 2. The molecule has 9 heteroatoms. The van der Waals surface area contributed by atoms with Crippen molar-refractivity contribution in [1.29, 1.82) is 0 Å². The molecule has 32 heavy (non-hydrogen) atoms. The van der Waals surface area contributed by atoms with E-state index in [0.29, 0.717) is 44.3 Å². The van der Waals surface area contributed by atoms with Gasteiger partial charge in [0.1, 0.15) is 13.2 Å². The number of benzene rings is 1. The fourth-order valence-corrected chi connectivity index (χ4v) is 4.68. The lowest BCUT2D eigenvalue weighted by Crippen LogP contribution is -2.50. The third-order valence-electron chi connectivity index (χ3n) is 5.39. The molecular weight excluding hydrogens is 430 g/mol. The van der Waals surface area contributed by atoms with Gasteiger partial charge in [0.25, 0.3) is 0 Å². The van der Waals surface area contributed by atoms with Crippen LogP contribution >= 0.6 is 11.3 Å². The quantitative estimate of drug-likeness (QED) is 0.589. The SMILES string of the molecule is CCNC(=O)N(CCOC)CC(=O)N1CCc2sccc2C1COc1ccccc1OC. The summed E-state index contributed by atoms with van der Waals surface area (Å²) in [5.74, 6) is 1.17. The van der Waals surface area contributed by atoms with Crippen LogP contribution in [-0.4, -0.2) is 75.4 Å². The number of ether oxygens (including phenoxy) is 3. The first-order valence-electron chi connectivity index (χ1n) is 10.7. The van der Waals surface area contributed by atoms with Gasteiger partial charge >= 0.3 is 6.03 Å². The lowest BCUT2D eigenvalue weighted by Gasteiger charge is -2.37. The van der Waals surface area contributed by atoms with Gasteiger partial charge in [-0.15, -0.1) is 11.3 Å². The second-order valence-electron chi connectivity index (χ2n) is 7.36. The molecule has 174 valence electrons. The van der Waals surface area contributed by atoms with Gasteiger partial charge < -0.3 is 29.3 Å². The second kappa shape index (κ2) is 11.7. The number of carbonyl (C=O) groups is 2. The topological polar surface area (TPSA) is 80.3 Å². The molecule has 0 bridgehead atoms. The monoisotopic (exact) mass is 461 g/mol. The van der Waals surface area contributed by atoms with E-state index in [1.807, 2.05) is 41.5 Å². The lowest BCUT2D eigenvalue weighted by molar-refractivity contribution is -0.135. The number of nitrogens with one attached hydrogen (secondary N) is 1. The summed E-state index contributed by atoms with van der Waals surface area (Å²) in [6, 6.07) is 9.02. The maximum absolute atomic E-state index is 13.3. The third kappa shape index (κ3) is 5.72. The van der Waals surface area contributed by atoms with Crippen LogP contribution in [0.3, 0.4) is 0 Å². The molecule has 1 unspecified atom stereocenters. The van der Waals surface area contributed by atoms with Crippen molar-refractivity contribution in [3.8, 4) is 11.5 Å². The average molecular weight is 462 g/mol. The Labute approximate surface area is 193 Å². The normalized spacial score (nSPS) is 15.1. The number of amides is 3. The highest BCUT2D eigenvalue weighted by molar-refractivity contribution is 7.10. The van der Waals surface area contributed by atoms with Gasteiger partial charge in [0, 0.05) is 31.6 Å². The molecule has 1 N–H and O–H groups in total. The van der Waals surface area contributed by atoms with Gasteiger partial charge in [-0.2, -0.15) is 0 Å². The van der Waals surface area contributed by atoms with Crippen molar-refractivity contribution in [2.45, 2.75) is 19.4 Å². The number of hydrogen-bond donors (Lipinski definition) is 1. The molecule has 3 amide bonds. The Morgan fingerprint density at radius 3 is 2.72 bits per heavy atom. The third-order valence-corrected chi connectivity index (χ3v) is 6.38. The maximum Gasteiger partial charge on any atom is 0.317 e. The molecular formula is C23H31N3O5S. The summed E-state index contributed by atoms with van der Waals surface area (Å²) < 4.78 is 16.6. The summed E-state index contributed by atoms with van der Waals surface area (Å²) >= 11 is 1.70. The van der Waals surface area contributed by atoms with Crippen LogP contribution in [0.2, 0.25) is 0 Å². The zero-order chi connectivity index (χ0) is 22.9. The van der Waals surface area contributed by atoms with Crippen LogP contribution < -0.4 is 14.8 Å². The van der Waals surface area contributed by atoms with Gasteiger partial charge in [-0.25, -0.2) is 4.79 Å². The molecule has 3 rings (SSSR count). The van der Waals surface area contributed by atoms with Crippen molar-refractivity contribution >= 4 is 23.3 Å². The maximum atomic E-state index is 13.3. The first-order chi connectivity index (χ1) is 15.6. The zero-order valence-corrected chi connectivity index (χ0v) is 19.7. The van der Waals surface area contributed by atoms with Crippen LogP contribution in [0.1, 0.15) is 23.4 Å². The number of urea groups is 1. The van der Waals surface area contributed by atoms with Crippen LogP contribution in [0.25, 0.3) is 0 Å². The van der Waals surface area contributed by atoms with Crippen molar-refractivity contribution in [2.75, 3.05) is 53.6 Å². The van der Waals surface area contributed by atoms with Crippen LogP contribution in [0.4, 0.5) is 4.79 Å². The highest BCUT2D eigenvalue weighted by Gasteiger charge is 2.33. The Morgan fingerprint density at radius 1 is 1.22 bits per heavy atom. The first kappa shape index (κ1) is 23.9. The van der Waals surface area contributed by atoms with Gasteiger partial charge in [-0.3, -0.25) is 4.79 Å². The van der Waals surface area contributed by atoms with E-state index >= 15 is 0 Å². The van der Waals surface area contributed by atoms with E-state index in [2.05, 4.69) is 11.4 Å². The molecule has 0 aliphatic carbocycles. The number of hydrogen-bond acceptors (Lipinski definition) is 6. The highest BCUT2D eigenvalue weighted by atomic mass is 32.1. The largest absolute Gasteiger partial charge is 0.493 e. The van der Waals surface area contributed by atoms with E-state index in [-0.39, 0.29) is 24.5 Å². The molecule has 1 aromatic heterocycles. The Hall–Kier alpha value is -2.78. The minimum Gasteiger partial charge on any atom is -0.493 e. The van der Waals surface area contributed by atoms with Crippen LogP contribution in [0.5, 0.6) is 11.5 Å². The van der Waals surface area contributed by atoms with E-state index in [4.69, 9.17) is 14.2 Å². The van der Waals surface area contributed by atoms with Crippen LogP contribution in [0, 0.1) is 0 Å². The number of carbonyl (C=O) groups excluding carboxylic acids is 2. The molecule has 0 saturated carbocycles. The summed E-state index contributed by atoms with van der Waals surface area (Å²) in [4.78, 5) is 30.4. The summed E-state index contributed by atoms with van der Waals surface area (Å²) in [5.41, 5.74) is 1.10. The Kier molecular flexibility index (Phi) is 8.75. The predicted octanol–water partition coefficient (Wildman–Crippen LogP) is 2.94. The van der Waals surface area contributed by atoms with E-state index in [1.54, 1.807) is 25.6 Å². The summed E-state index contributed by atoms with van der Waals surface area (Å²) in [6.07, 6.45) is 0.795. The minimum absolute atomic E-state index is 0.0141. The summed E-state index contributed by atoms with van der Waals surface area (Å²) in [6.45, 7) is 3.91. The summed E-state index contributed by atoms with van der Waals surface area (Å²) in [7, 11) is 3.18. The number of fused-ring (bicyclic) bond motifs is 1. The van der Waals surface area contributed by atoms with Gasteiger partial charge in [0.15, 0.2) is 11.5 Å². The Balaban J connectivity index is 1.77. The standard InChI is InChI=1S/C23H31N3O5S/c1-4-24-23(28)25(12-13-29-2)15-22(27)26-11-9-21-17(10-14-32-21)18(26)16-31-20-8-6-5-7-19(20)30-3/h5-8,10,14,18H,4,9,11-13,15-16H2,1-3H3,(H,24,28). The van der Waals surface area contributed by atoms with Crippen molar-refractivity contribution in [1.82, 2.24) is 15.1 Å². The second-order valence-corrected chi connectivity index (χ2v) is 8.36. The van der Waals surface area contributed by atoms with Gasteiger partial charge in [0.2, 0.25) is 5.91 Å². The van der Waals surface area contributed by atoms with E-state index < -0.39 is 0 Å². The number of para-hydroxylation sites is 2. The molecule has 0 saturated heterocycles. The molecule has 8 nitrogen and oxygen atoms in total. The van der Waals surface area contributed by atoms with E-state index in [0.717, 1.165) is 12.0 Å². The molecule has 0 fully saturated rings. The Morgan fingerprint density at radius 2 is 2.00 bits per heavy atom. The zero-order valence-electron chi connectivity index (χ0n) is 18.8. The van der Waals surface area contributed by atoms with Gasteiger partial charge in [-0.05, 0) is 42.5 Å². The van der Waals surface area contributed by atoms with Crippen molar-refractivity contribution in [3.63, 3.8) is 0 Å². The number of rotatable bonds is 10. The van der Waals surface area contributed by atoms with Crippen LogP contribution in [0.15, 0.2) is 35.7 Å². The lowest BCUT2D eigenvalue weighted by atomic mass is 10.0. The average Bonchev–Trinajstić information content (AvgIpc) is 3.29. The van der Waals surface area contributed by atoms with Crippen molar-refractivity contribution in [3.05, 3.63) is 46.2 Å². The molecule has 0 spiro atoms. The number of thiophene rings is 1. The highest BCUT2D eigenvalue weighted by Crippen LogP contribution is 2.35. The molecule has 0 radical (unpaired) electrons. The summed E-state index contributed by atoms with van der Waals surface area (Å²) in [5, 5.41) is 4.82. The predicted molar refractivity (Wildman–Crippen MR) is 123 cm³/mol.